The first-order chi connectivity index (χ1) is 14.2. The molecule has 0 amide bonds. The topological polar surface area (TPSA) is 279 Å². The Balaban J connectivity index is 1.69. The first-order valence-corrected chi connectivity index (χ1v) is 12.4. The number of rotatable bonds is 8. The summed E-state index contributed by atoms with van der Waals surface area (Å²) in [6.45, 7) is -0.956. The van der Waals surface area contributed by atoms with E-state index < -0.39 is 54.6 Å². The normalized spacial score (nSPS) is 28.5. The highest BCUT2D eigenvalue weighted by Gasteiger charge is 2.47. The average molecular weight is 507 g/mol. The highest BCUT2D eigenvalue weighted by Crippen LogP contribution is 2.66. The van der Waals surface area contributed by atoms with E-state index in [0.29, 0.717) is 0 Å². The summed E-state index contributed by atoms with van der Waals surface area (Å²) in [5, 5.41) is 20.4. The molecule has 0 radical (unpaired) electrons. The van der Waals surface area contributed by atoms with Gasteiger partial charge in [0, 0.05) is 0 Å². The second-order valence-electron chi connectivity index (χ2n) is 6.02. The Labute approximate surface area is 171 Å². The van der Waals surface area contributed by atoms with Crippen LogP contribution in [-0.4, -0.2) is 74.2 Å². The molecule has 21 heteroatoms. The fourth-order valence-corrected chi connectivity index (χ4v) is 5.65. The van der Waals surface area contributed by atoms with E-state index in [1.807, 2.05) is 0 Å². The zero-order valence-corrected chi connectivity index (χ0v) is 17.6. The fraction of sp³-hybridized carbons (Fsp3) is 0.500. The van der Waals surface area contributed by atoms with E-state index in [-0.39, 0.29) is 17.0 Å². The van der Waals surface area contributed by atoms with Crippen molar-refractivity contribution < 1.29 is 61.4 Å². The summed E-state index contributed by atoms with van der Waals surface area (Å²) in [5.41, 5.74) is 6.00. The average Bonchev–Trinajstić information content (AvgIpc) is 3.13. The van der Waals surface area contributed by atoms with Gasteiger partial charge < -0.3 is 40.3 Å². The molecule has 0 aliphatic carbocycles. The number of ether oxygens (including phenoxy) is 1. The molecule has 31 heavy (non-hydrogen) atoms. The second kappa shape index (κ2) is 8.53. The van der Waals surface area contributed by atoms with Crippen molar-refractivity contribution in [3.63, 3.8) is 0 Å². The van der Waals surface area contributed by atoms with Gasteiger partial charge in [0.1, 0.15) is 30.2 Å². The van der Waals surface area contributed by atoms with Crippen LogP contribution in [0.4, 0.5) is 5.82 Å². The maximum Gasteiger partial charge on any atom is 0.490 e. The van der Waals surface area contributed by atoms with E-state index in [1.165, 1.54) is 10.9 Å². The predicted molar refractivity (Wildman–Crippen MR) is 95.5 cm³/mol. The van der Waals surface area contributed by atoms with Gasteiger partial charge in [0.05, 0.1) is 12.9 Å². The molecule has 8 N–H and O–H groups in total. The lowest BCUT2D eigenvalue weighted by Crippen LogP contribution is -2.33. The molecular weight excluding hydrogens is 491 g/mol. The summed E-state index contributed by atoms with van der Waals surface area (Å²) in [7, 11) is -16.7. The number of anilines is 1. The third kappa shape index (κ3) is 5.71. The molecule has 1 saturated heterocycles. The number of nitrogen functional groups attached to an aromatic ring is 1. The van der Waals surface area contributed by atoms with E-state index in [4.69, 9.17) is 25.2 Å². The Morgan fingerprint density at radius 1 is 1.03 bits per heavy atom. The Morgan fingerprint density at radius 2 is 1.71 bits per heavy atom. The molecule has 3 heterocycles. The minimum atomic E-state index is -5.70. The van der Waals surface area contributed by atoms with Crippen molar-refractivity contribution in [2.24, 2.45) is 0 Å². The number of aliphatic hydroxyl groups is 2. The molecule has 18 nitrogen and oxygen atoms in total. The molecule has 2 aromatic heterocycles. The predicted octanol–water partition coefficient (Wildman–Crippen LogP) is -1.63. The maximum atomic E-state index is 11.8. The molecule has 0 saturated carbocycles. The lowest BCUT2D eigenvalue weighted by Gasteiger charge is -2.19. The third-order valence-corrected chi connectivity index (χ3v) is 7.62. The van der Waals surface area contributed by atoms with Crippen molar-refractivity contribution in [1.82, 2.24) is 19.5 Å². The lowest BCUT2D eigenvalue weighted by atomic mass is 10.1. The summed E-state index contributed by atoms with van der Waals surface area (Å²) in [6, 6.07) is 0. The van der Waals surface area contributed by atoms with E-state index in [0.717, 1.165) is 6.33 Å². The number of nitrogens with two attached hydrogens (primary N) is 1. The molecule has 0 aromatic carbocycles. The monoisotopic (exact) mass is 507 g/mol. The SMILES string of the molecule is Nc1ncnc2c1ncn2[C@@H]1OC(COP(=O)(O)OP(=O)(O)OP(=O)(O)O)[C@@H](O)[C@H]1O. The van der Waals surface area contributed by atoms with Crippen LogP contribution in [0.5, 0.6) is 0 Å². The standard InChI is InChI=1S/C10H16N5O13P3/c11-8-5-9(13-2-12-8)15(3-14-5)10-7(17)6(16)4(26-10)1-25-30(21,22)28-31(23,24)27-29(18,19)20/h2-4,6-7,10,16-17H,1H2,(H,21,22)(H,23,24)(H2,11,12,13)(H2,18,19,20)/t4?,6-,7-,10-/m1/s1. The van der Waals surface area contributed by atoms with Crippen LogP contribution in [0.1, 0.15) is 6.23 Å². The molecule has 1 aliphatic rings. The molecule has 174 valence electrons. The van der Waals surface area contributed by atoms with Crippen LogP contribution in [-0.2, 0) is 31.6 Å². The van der Waals surface area contributed by atoms with Crippen LogP contribution >= 0.6 is 23.5 Å². The molecular formula is C10H16N5O13P3. The van der Waals surface area contributed by atoms with Crippen molar-refractivity contribution in [3.8, 4) is 0 Å². The molecule has 0 spiro atoms. The number of hydrogen-bond acceptors (Lipinski definition) is 13. The van der Waals surface area contributed by atoms with Gasteiger partial charge in [-0.1, -0.05) is 0 Å². The highest BCUT2D eigenvalue weighted by molar-refractivity contribution is 7.66. The zero-order chi connectivity index (χ0) is 23.2. The van der Waals surface area contributed by atoms with Gasteiger partial charge in [-0.3, -0.25) is 9.09 Å². The number of aromatic nitrogens is 4. The summed E-state index contributed by atoms with van der Waals surface area (Å²) >= 11 is 0. The van der Waals surface area contributed by atoms with Crippen molar-refractivity contribution in [2.75, 3.05) is 12.3 Å². The molecule has 2 aromatic rings. The molecule has 0 bridgehead atoms. The zero-order valence-electron chi connectivity index (χ0n) is 14.9. The quantitative estimate of drug-likeness (QED) is 0.197. The van der Waals surface area contributed by atoms with Crippen LogP contribution in [0.15, 0.2) is 12.7 Å². The van der Waals surface area contributed by atoms with Gasteiger partial charge in [0.15, 0.2) is 17.7 Å². The van der Waals surface area contributed by atoms with Gasteiger partial charge in [0.25, 0.3) is 0 Å². The molecule has 1 fully saturated rings. The van der Waals surface area contributed by atoms with Crippen LogP contribution < -0.4 is 5.73 Å². The number of imidazole rings is 1. The minimum Gasteiger partial charge on any atom is -0.387 e. The second-order valence-corrected chi connectivity index (χ2v) is 10.4. The first kappa shape index (κ1) is 24.3. The highest BCUT2D eigenvalue weighted by atomic mass is 31.3. The van der Waals surface area contributed by atoms with Crippen LogP contribution in [0, 0.1) is 0 Å². The fourth-order valence-electron chi connectivity index (χ4n) is 2.62. The number of aliphatic hydroxyl groups excluding tert-OH is 2. The summed E-state index contributed by atoms with van der Waals surface area (Å²) in [4.78, 5) is 47.2. The number of hydrogen-bond donors (Lipinski definition) is 7. The van der Waals surface area contributed by atoms with Crippen molar-refractivity contribution in [1.29, 1.82) is 0 Å². The largest absolute Gasteiger partial charge is 0.490 e. The third-order valence-electron chi connectivity index (χ3n) is 3.82. The Hall–Kier alpha value is -1.36. The van der Waals surface area contributed by atoms with Crippen molar-refractivity contribution in [2.45, 2.75) is 24.5 Å². The summed E-state index contributed by atoms with van der Waals surface area (Å²) in [5.74, 6) is 0.0426. The van der Waals surface area contributed by atoms with E-state index in [9.17, 15) is 28.8 Å². The first-order valence-electron chi connectivity index (χ1n) is 7.92. The van der Waals surface area contributed by atoms with Gasteiger partial charge in [-0.15, -0.1) is 0 Å². The number of phosphoric acid groups is 3. The van der Waals surface area contributed by atoms with Crippen molar-refractivity contribution >= 4 is 40.4 Å². The smallest absolute Gasteiger partial charge is 0.387 e. The van der Waals surface area contributed by atoms with E-state index >= 15 is 0 Å². The molecule has 3 unspecified atom stereocenters. The lowest BCUT2D eigenvalue weighted by molar-refractivity contribution is -0.0503. The Bertz CT molecular complexity index is 1100. The van der Waals surface area contributed by atoms with Crippen LogP contribution in [0.2, 0.25) is 0 Å². The number of fused-ring (bicyclic) bond motifs is 1. The molecule has 6 atom stereocenters. The van der Waals surface area contributed by atoms with E-state index in [1.54, 1.807) is 0 Å². The molecule has 1 aliphatic heterocycles. The summed E-state index contributed by atoms with van der Waals surface area (Å²) in [6.07, 6.45) is -3.69. The van der Waals surface area contributed by atoms with Crippen LogP contribution in [0.25, 0.3) is 11.2 Å². The maximum absolute atomic E-state index is 11.8. The van der Waals surface area contributed by atoms with Gasteiger partial charge in [-0.25, -0.2) is 28.6 Å². The Morgan fingerprint density at radius 3 is 2.35 bits per heavy atom. The van der Waals surface area contributed by atoms with Crippen LogP contribution in [0.3, 0.4) is 0 Å². The van der Waals surface area contributed by atoms with Gasteiger partial charge >= 0.3 is 23.5 Å². The van der Waals surface area contributed by atoms with Crippen molar-refractivity contribution in [3.05, 3.63) is 12.7 Å². The van der Waals surface area contributed by atoms with Gasteiger partial charge in [-0.05, 0) is 0 Å². The number of nitrogens with zero attached hydrogens (tertiary/aromatic N) is 4. The Kier molecular flexibility index (Phi) is 6.68. The summed E-state index contributed by atoms with van der Waals surface area (Å²) < 4.78 is 51.9. The minimum absolute atomic E-state index is 0.0426. The van der Waals surface area contributed by atoms with Gasteiger partial charge in [-0.2, -0.15) is 8.62 Å². The van der Waals surface area contributed by atoms with E-state index in [2.05, 4.69) is 28.1 Å². The van der Waals surface area contributed by atoms with Gasteiger partial charge in [0.2, 0.25) is 0 Å². The molecule has 3 rings (SSSR count). The number of phosphoric ester groups is 1.